The normalized spacial score (nSPS) is 10.0. The van der Waals surface area contributed by atoms with Gasteiger partial charge in [-0.15, -0.1) is 11.6 Å². The van der Waals surface area contributed by atoms with E-state index in [-0.39, 0.29) is 0 Å². The fourth-order valence-electron chi connectivity index (χ4n) is 1.97. The highest BCUT2D eigenvalue weighted by molar-refractivity contribution is 6.17. The number of hydrogen-bond acceptors (Lipinski definition) is 3. The predicted molar refractivity (Wildman–Crippen MR) is 78.0 cm³/mol. The Bertz CT molecular complexity index is 497. The Morgan fingerprint density at radius 3 is 2.58 bits per heavy atom. The maximum absolute atomic E-state index is 9.26. The van der Waals surface area contributed by atoms with E-state index in [1.165, 1.54) is 0 Å². The van der Waals surface area contributed by atoms with Crippen LogP contribution in [0.25, 0.3) is 0 Å². The van der Waals surface area contributed by atoms with E-state index in [0.29, 0.717) is 30.3 Å². The third-order valence-electron chi connectivity index (χ3n) is 2.76. The third-order valence-corrected chi connectivity index (χ3v) is 3.06. The Hall–Kier alpha value is -1.71. The summed E-state index contributed by atoms with van der Waals surface area (Å²) in [7, 11) is 0. The topological polar surface area (TPSA) is 50.8 Å². The summed E-state index contributed by atoms with van der Waals surface area (Å²) >= 11 is 5.79. The second kappa shape index (κ2) is 7.67. The van der Waals surface area contributed by atoms with Gasteiger partial charge in [-0.2, -0.15) is 10.5 Å². The molecule has 0 fully saturated rings. The van der Waals surface area contributed by atoms with Crippen molar-refractivity contribution >= 4 is 17.3 Å². The van der Waals surface area contributed by atoms with Crippen LogP contribution < -0.4 is 4.90 Å². The van der Waals surface area contributed by atoms with E-state index in [0.717, 1.165) is 17.8 Å². The van der Waals surface area contributed by atoms with Crippen LogP contribution in [0.5, 0.6) is 0 Å². The lowest BCUT2D eigenvalue weighted by Crippen LogP contribution is -2.29. The van der Waals surface area contributed by atoms with Gasteiger partial charge in [0.15, 0.2) is 0 Å². The van der Waals surface area contributed by atoms with Crippen LogP contribution in [-0.4, -0.2) is 13.1 Å². The van der Waals surface area contributed by atoms with E-state index >= 15 is 0 Å². The number of halogens is 1. The van der Waals surface area contributed by atoms with Gasteiger partial charge in [-0.1, -0.05) is 19.9 Å². The van der Waals surface area contributed by atoms with Crippen LogP contribution in [0.4, 0.5) is 5.69 Å². The van der Waals surface area contributed by atoms with Gasteiger partial charge in [-0.25, -0.2) is 0 Å². The molecule has 0 aliphatic carbocycles. The minimum Gasteiger partial charge on any atom is -0.369 e. The summed E-state index contributed by atoms with van der Waals surface area (Å²) in [5.74, 6) is 0.870. The highest BCUT2D eigenvalue weighted by Gasteiger charge is 2.13. The molecule has 0 amide bonds. The molecule has 0 aliphatic rings. The standard InChI is InChI=1S/C15H18ClN3/c1-12(2)11-19(7-3-6-17)15-5-4-13(9-16)8-14(15)10-18/h4-5,8,12H,3,7,9,11H2,1-2H3. The highest BCUT2D eigenvalue weighted by Crippen LogP contribution is 2.23. The summed E-state index contributed by atoms with van der Waals surface area (Å²) in [4.78, 5) is 2.10. The molecule has 1 aromatic rings. The first-order chi connectivity index (χ1) is 9.12. The van der Waals surface area contributed by atoms with E-state index < -0.39 is 0 Å². The predicted octanol–water partition coefficient (Wildman–Crippen LogP) is 3.67. The molecule has 3 nitrogen and oxygen atoms in total. The van der Waals surface area contributed by atoms with Gasteiger partial charge in [0.05, 0.1) is 23.7 Å². The average Bonchev–Trinajstić information content (AvgIpc) is 2.42. The van der Waals surface area contributed by atoms with Crippen molar-refractivity contribution in [2.45, 2.75) is 26.1 Å². The molecule has 100 valence electrons. The van der Waals surface area contributed by atoms with Crippen molar-refractivity contribution < 1.29 is 0 Å². The lowest BCUT2D eigenvalue weighted by Gasteiger charge is -2.27. The van der Waals surface area contributed by atoms with Gasteiger partial charge >= 0.3 is 0 Å². The molecule has 0 aliphatic heterocycles. The first kappa shape index (κ1) is 15.3. The summed E-state index contributed by atoms with van der Waals surface area (Å²) in [5, 5.41) is 18.0. The minimum atomic E-state index is 0.400. The Morgan fingerprint density at radius 1 is 1.32 bits per heavy atom. The van der Waals surface area contributed by atoms with Crippen LogP contribution in [0.1, 0.15) is 31.4 Å². The summed E-state index contributed by atoms with van der Waals surface area (Å²) in [5.41, 5.74) is 2.45. The number of nitriles is 2. The Kier molecular flexibility index (Phi) is 6.19. The quantitative estimate of drug-likeness (QED) is 0.744. The van der Waals surface area contributed by atoms with Crippen molar-refractivity contribution in [3.8, 4) is 12.1 Å². The first-order valence-electron chi connectivity index (χ1n) is 6.33. The Morgan fingerprint density at radius 2 is 2.05 bits per heavy atom. The number of alkyl halides is 1. The molecule has 0 bridgehead atoms. The second-order valence-corrected chi connectivity index (χ2v) is 5.11. The molecule has 0 spiro atoms. The number of nitrogens with zero attached hydrogens (tertiary/aromatic N) is 3. The van der Waals surface area contributed by atoms with Gasteiger partial charge in [0, 0.05) is 19.0 Å². The number of anilines is 1. The lowest BCUT2D eigenvalue weighted by atomic mass is 10.1. The molecule has 0 saturated carbocycles. The Labute approximate surface area is 120 Å². The van der Waals surface area contributed by atoms with Crippen molar-refractivity contribution in [3.63, 3.8) is 0 Å². The second-order valence-electron chi connectivity index (χ2n) is 4.84. The van der Waals surface area contributed by atoms with Crippen LogP contribution in [0, 0.1) is 28.6 Å². The maximum atomic E-state index is 9.26. The molecular weight excluding hydrogens is 258 g/mol. The van der Waals surface area contributed by atoms with Gasteiger partial charge < -0.3 is 4.90 Å². The van der Waals surface area contributed by atoms with Crippen LogP contribution >= 0.6 is 11.6 Å². The number of hydrogen-bond donors (Lipinski definition) is 0. The summed E-state index contributed by atoms with van der Waals surface area (Å²) in [6.07, 6.45) is 0.453. The van der Waals surface area contributed by atoms with Crippen molar-refractivity contribution in [2.75, 3.05) is 18.0 Å². The molecule has 0 N–H and O–H groups in total. The SMILES string of the molecule is CC(C)CN(CCC#N)c1ccc(CCl)cc1C#N. The summed E-state index contributed by atoms with van der Waals surface area (Å²) in [6.45, 7) is 5.72. The van der Waals surface area contributed by atoms with E-state index in [4.69, 9.17) is 16.9 Å². The van der Waals surface area contributed by atoms with Gasteiger partial charge in [-0.3, -0.25) is 0 Å². The minimum absolute atomic E-state index is 0.400. The largest absolute Gasteiger partial charge is 0.369 e. The van der Waals surface area contributed by atoms with E-state index in [1.54, 1.807) is 0 Å². The van der Waals surface area contributed by atoms with Crippen LogP contribution in [0.3, 0.4) is 0 Å². The Balaban J connectivity index is 3.07. The van der Waals surface area contributed by atoms with Crippen molar-refractivity contribution in [1.82, 2.24) is 0 Å². The molecule has 1 aromatic carbocycles. The van der Waals surface area contributed by atoms with Crippen molar-refractivity contribution in [1.29, 1.82) is 10.5 Å². The average molecular weight is 276 g/mol. The molecule has 1 rings (SSSR count). The molecular formula is C15H18ClN3. The zero-order chi connectivity index (χ0) is 14.3. The molecule has 0 atom stereocenters. The van der Waals surface area contributed by atoms with Gasteiger partial charge in [0.1, 0.15) is 6.07 Å². The van der Waals surface area contributed by atoms with E-state index in [1.807, 2.05) is 18.2 Å². The lowest BCUT2D eigenvalue weighted by molar-refractivity contribution is 0.612. The molecule has 0 radical (unpaired) electrons. The van der Waals surface area contributed by atoms with Crippen molar-refractivity contribution in [2.24, 2.45) is 5.92 Å². The number of benzene rings is 1. The van der Waals surface area contributed by atoms with Crippen molar-refractivity contribution in [3.05, 3.63) is 29.3 Å². The first-order valence-corrected chi connectivity index (χ1v) is 6.86. The fourth-order valence-corrected chi connectivity index (χ4v) is 2.13. The molecule has 4 heteroatoms. The molecule has 19 heavy (non-hydrogen) atoms. The molecule has 0 saturated heterocycles. The zero-order valence-electron chi connectivity index (χ0n) is 11.4. The molecule has 0 heterocycles. The van der Waals surface area contributed by atoms with E-state index in [9.17, 15) is 5.26 Å². The molecule has 0 aromatic heterocycles. The smallest absolute Gasteiger partial charge is 0.101 e. The number of rotatable bonds is 6. The van der Waals surface area contributed by atoms with Gasteiger partial charge in [-0.05, 0) is 23.6 Å². The zero-order valence-corrected chi connectivity index (χ0v) is 12.1. The van der Waals surface area contributed by atoms with Crippen LogP contribution in [0.2, 0.25) is 0 Å². The highest BCUT2D eigenvalue weighted by atomic mass is 35.5. The van der Waals surface area contributed by atoms with Crippen LogP contribution in [0.15, 0.2) is 18.2 Å². The fraction of sp³-hybridized carbons (Fsp3) is 0.467. The van der Waals surface area contributed by atoms with Gasteiger partial charge in [0.2, 0.25) is 0 Å². The summed E-state index contributed by atoms with van der Waals surface area (Å²) < 4.78 is 0. The third kappa shape index (κ3) is 4.47. The van der Waals surface area contributed by atoms with Crippen LogP contribution in [-0.2, 0) is 5.88 Å². The van der Waals surface area contributed by atoms with Gasteiger partial charge in [0.25, 0.3) is 0 Å². The maximum Gasteiger partial charge on any atom is 0.101 e. The monoisotopic (exact) mass is 275 g/mol. The van der Waals surface area contributed by atoms with E-state index in [2.05, 4.69) is 30.9 Å². The summed E-state index contributed by atoms with van der Waals surface area (Å²) in [6, 6.07) is 10.1. The molecule has 0 unspecified atom stereocenters.